The van der Waals surface area contributed by atoms with E-state index in [-0.39, 0.29) is 0 Å². The molecule has 4 nitrogen and oxygen atoms in total. The second kappa shape index (κ2) is 3.41. The third kappa shape index (κ3) is 1.42. The van der Waals surface area contributed by atoms with Crippen molar-refractivity contribution in [1.82, 2.24) is 14.8 Å². The van der Waals surface area contributed by atoms with Crippen LogP contribution < -0.4 is 0 Å². The van der Waals surface area contributed by atoms with Gasteiger partial charge in [-0.05, 0) is 18.2 Å². The van der Waals surface area contributed by atoms with Gasteiger partial charge in [0, 0.05) is 13.2 Å². The van der Waals surface area contributed by atoms with E-state index < -0.39 is 0 Å². The first-order valence-electron chi connectivity index (χ1n) is 4.22. The van der Waals surface area contributed by atoms with Crippen LogP contribution in [0.4, 0.5) is 0 Å². The highest BCUT2D eigenvalue weighted by Crippen LogP contribution is 2.14. The molecule has 0 aromatic carbocycles. The minimum absolute atomic E-state index is 0.547. The monoisotopic (exact) mass is 187 g/mol. The summed E-state index contributed by atoms with van der Waals surface area (Å²) in [5, 5.41) is 4.17. The first kappa shape index (κ1) is 8.62. The van der Waals surface area contributed by atoms with E-state index in [1.54, 1.807) is 19.3 Å². The molecule has 0 radical (unpaired) electrons. The maximum Gasteiger partial charge on any atom is 0.168 e. The number of aromatic nitrogens is 3. The van der Waals surface area contributed by atoms with E-state index in [0.717, 1.165) is 17.7 Å². The molecule has 2 aromatic rings. The Morgan fingerprint density at radius 1 is 1.36 bits per heavy atom. The smallest absolute Gasteiger partial charge is 0.168 e. The van der Waals surface area contributed by atoms with Crippen LogP contribution in [0.5, 0.6) is 0 Å². The van der Waals surface area contributed by atoms with Crippen LogP contribution in [0, 0.1) is 0 Å². The number of carbonyl (C=O) groups excluding carboxylic acids is 1. The van der Waals surface area contributed by atoms with Gasteiger partial charge in [-0.3, -0.25) is 14.5 Å². The Balaban J connectivity index is 2.48. The number of aryl methyl sites for hydroxylation is 1. The van der Waals surface area contributed by atoms with Crippen LogP contribution in [0.1, 0.15) is 10.5 Å². The Morgan fingerprint density at radius 3 is 2.79 bits per heavy atom. The van der Waals surface area contributed by atoms with Gasteiger partial charge in [-0.25, -0.2) is 0 Å². The summed E-state index contributed by atoms with van der Waals surface area (Å²) in [7, 11) is 1.73. The number of nitrogens with zero attached hydrogens (tertiary/aromatic N) is 3. The molecule has 0 unspecified atom stereocenters. The molecule has 0 saturated carbocycles. The molecule has 2 aromatic heterocycles. The van der Waals surface area contributed by atoms with Gasteiger partial charge >= 0.3 is 0 Å². The average molecular weight is 187 g/mol. The maximum absolute atomic E-state index is 10.6. The summed E-state index contributed by atoms with van der Waals surface area (Å²) in [6.07, 6.45) is 2.48. The molecular weight excluding hydrogens is 178 g/mol. The predicted molar refractivity (Wildman–Crippen MR) is 51.8 cm³/mol. The Bertz CT molecular complexity index is 448. The first-order chi connectivity index (χ1) is 6.81. The molecule has 0 aliphatic carbocycles. The molecule has 0 bridgehead atoms. The van der Waals surface area contributed by atoms with Crippen LogP contribution in [-0.4, -0.2) is 21.1 Å². The highest BCUT2D eigenvalue weighted by molar-refractivity contribution is 5.75. The number of pyridine rings is 1. The second-order valence-corrected chi connectivity index (χ2v) is 2.91. The van der Waals surface area contributed by atoms with E-state index in [4.69, 9.17) is 0 Å². The van der Waals surface area contributed by atoms with Crippen LogP contribution in [0.3, 0.4) is 0 Å². The molecule has 0 aliphatic heterocycles. The highest BCUT2D eigenvalue weighted by Gasteiger charge is 2.06. The van der Waals surface area contributed by atoms with Crippen molar-refractivity contribution in [2.24, 2.45) is 7.05 Å². The lowest BCUT2D eigenvalue weighted by Gasteiger charge is -1.92. The van der Waals surface area contributed by atoms with Gasteiger partial charge < -0.3 is 0 Å². The summed E-state index contributed by atoms with van der Waals surface area (Å²) in [6.45, 7) is 0. The molecule has 0 aliphatic rings. The number of hydrogen-bond donors (Lipinski definition) is 0. The summed E-state index contributed by atoms with van der Waals surface area (Å²) < 4.78 is 1.54. The molecule has 0 saturated heterocycles. The van der Waals surface area contributed by atoms with Crippen molar-refractivity contribution in [3.63, 3.8) is 0 Å². The summed E-state index contributed by atoms with van der Waals surface area (Å²) in [4.78, 5) is 14.7. The van der Waals surface area contributed by atoms with Crippen molar-refractivity contribution in [1.29, 1.82) is 0 Å². The fraction of sp³-hybridized carbons (Fsp3) is 0.100. The first-order valence-corrected chi connectivity index (χ1v) is 4.22. The van der Waals surface area contributed by atoms with Crippen LogP contribution in [0.15, 0.2) is 30.5 Å². The average Bonchev–Trinajstić information content (AvgIpc) is 2.61. The van der Waals surface area contributed by atoms with Gasteiger partial charge in [0.15, 0.2) is 6.29 Å². The van der Waals surface area contributed by atoms with Crippen LogP contribution in [-0.2, 0) is 7.05 Å². The van der Waals surface area contributed by atoms with Gasteiger partial charge in [0.25, 0.3) is 0 Å². The number of carbonyl (C=O) groups is 1. The van der Waals surface area contributed by atoms with Crippen LogP contribution in [0.25, 0.3) is 11.4 Å². The fourth-order valence-corrected chi connectivity index (χ4v) is 1.23. The van der Waals surface area contributed by atoms with Crippen molar-refractivity contribution in [3.8, 4) is 11.4 Å². The Labute approximate surface area is 81.2 Å². The normalized spacial score (nSPS) is 10.1. The largest absolute Gasteiger partial charge is 0.296 e. The standard InChI is InChI=1S/C10H9N3O/c1-13-8(7-14)6-10(12-13)9-4-2-3-5-11-9/h2-7H,1H3. The van der Waals surface area contributed by atoms with Crippen molar-refractivity contribution in [2.75, 3.05) is 0 Å². The number of aldehydes is 1. The molecule has 0 fully saturated rings. The molecule has 14 heavy (non-hydrogen) atoms. The lowest BCUT2D eigenvalue weighted by atomic mass is 10.2. The fourth-order valence-electron chi connectivity index (χ4n) is 1.23. The second-order valence-electron chi connectivity index (χ2n) is 2.91. The van der Waals surface area contributed by atoms with Gasteiger partial charge in [-0.1, -0.05) is 6.07 Å². The van der Waals surface area contributed by atoms with E-state index in [1.807, 2.05) is 18.2 Å². The molecule has 2 heterocycles. The SMILES string of the molecule is Cn1nc(-c2ccccn2)cc1C=O. The summed E-state index contributed by atoms with van der Waals surface area (Å²) in [5.74, 6) is 0. The Hall–Kier alpha value is -1.97. The highest BCUT2D eigenvalue weighted by atomic mass is 16.1. The van der Waals surface area contributed by atoms with Crippen LogP contribution >= 0.6 is 0 Å². The zero-order valence-electron chi connectivity index (χ0n) is 7.71. The Morgan fingerprint density at radius 2 is 2.21 bits per heavy atom. The number of hydrogen-bond acceptors (Lipinski definition) is 3. The zero-order chi connectivity index (χ0) is 9.97. The molecular formula is C10H9N3O. The zero-order valence-corrected chi connectivity index (χ0v) is 7.71. The number of rotatable bonds is 2. The van der Waals surface area contributed by atoms with Gasteiger partial charge in [0.05, 0.1) is 5.69 Å². The minimum atomic E-state index is 0.547. The quantitative estimate of drug-likeness (QED) is 0.665. The van der Waals surface area contributed by atoms with E-state index in [0.29, 0.717) is 5.69 Å². The van der Waals surface area contributed by atoms with Crippen molar-refractivity contribution < 1.29 is 4.79 Å². The van der Waals surface area contributed by atoms with Gasteiger partial charge in [0.1, 0.15) is 11.4 Å². The minimum Gasteiger partial charge on any atom is -0.296 e. The molecule has 4 heteroatoms. The molecule has 0 spiro atoms. The van der Waals surface area contributed by atoms with E-state index >= 15 is 0 Å². The van der Waals surface area contributed by atoms with E-state index in [1.165, 1.54) is 4.68 Å². The third-order valence-electron chi connectivity index (χ3n) is 1.96. The lowest BCUT2D eigenvalue weighted by molar-refractivity contribution is 0.111. The van der Waals surface area contributed by atoms with Crippen molar-refractivity contribution in [2.45, 2.75) is 0 Å². The van der Waals surface area contributed by atoms with Crippen molar-refractivity contribution in [3.05, 3.63) is 36.2 Å². The molecule has 0 N–H and O–H groups in total. The van der Waals surface area contributed by atoms with Crippen LogP contribution in [0.2, 0.25) is 0 Å². The lowest BCUT2D eigenvalue weighted by Crippen LogP contribution is -1.95. The van der Waals surface area contributed by atoms with E-state index in [9.17, 15) is 4.79 Å². The topological polar surface area (TPSA) is 47.8 Å². The predicted octanol–water partition coefficient (Wildman–Crippen LogP) is 1.29. The van der Waals surface area contributed by atoms with Crippen molar-refractivity contribution >= 4 is 6.29 Å². The molecule has 2 rings (SSSR count). The third-order valence-corrected chi connectivity index (χ3v) is 1.96. The van der Waals surface area contributed by atoms with E-state index in [2.05, 4.69) is 10.1 Å². The molecule has 0 amide bonds. The van der Waals surface area contributed by atoms with Gasteiger partial charge in [0.2, 0.25) is 0 Å². The molecule has 0 atom stereocenters. The maximum atomic E-state index is 10.6. The summed E-state index contributed by atoms with van der Waals surface area (Å²) >= 11 is 0. The molecule has 70 valence electrons. The Kier molecular flexibility index (Phi) is 2.10. The summed E-state index contributed by atoms with van der Waals surface area (Å²) in [6, 6.07) is 7.30. The van der Waals surface area contributed by atoms with Gasteiger partial charge in [-0.2, -0.15) is 5.10 Å². The van der Waals surface area contributed by atoms with Gasteiger partial charge in [-0.15, -0.1) is 0 Å². The summed E-state index contributed by atoms with van der Waals surface area (Å²) in [5.41, 5.74) is 2.04.